The van der Waals surface area contributed by atoms with Gasteiger partial charge in [0.05, 0.1) is 5.56 Å². The molecule has 0 heterocycles. The van der Waals surface area contributed by atoms with Gasteiger partial charge in [-0.1, -0.05) is 12.1 Å². The number of carbonyl (C=O) groups excluding carboxylic acids is 2. The number of carbonyl (C=O) groups is 2. The topological polar surface area (TPSA) is 43.4 Å². The molecule has 0 N–H and O–H groups in total. The van der Waals surface area contributed by atoms with Gasteiger partial charge in [-0.3, -0.25) is 0 Å². The molecule has 0 aliphatic rings. The highest BCUT2D eigenvalue weighted by Gasteiger charge is 2.17. The predicted molar refractivity (Wildman–Crippen MR) is 79.8 cm³/mol. The van der Waals surface area contributed by atoms with Crippen molar-refractivity contribution in [3.8, 4) is 0 Å². The zero-order valence-corrected chi connectivity index (χ0v) is 12.9. The van der Waals surface area contributed by atoms with E-state index in [4.69, 9.17) is 4.74 Å². The van der Waals surface area contributed by atoms with E-state index >= 15 is 0 Å². The van der Waals surface area contributed by atoms with Crippen molar-refractivity contribution < 1.29 is 14.3 Å². The third kappa shape index (κ3) is 6.50. The highest BCUT2D eigenvalue weighted by molar-refractivity contribution is 5.89. The van der Waals surface area contributed by atoms with Crippen LogP contribution in [-0.4, -0.2) is 17.4 Å². The molecule has 0 atom stereocenters. The molecule has 0 aliphatic heterocycles. The molecule has 1 rings (SSSR count). The van der Waals surface area contributed by atoms with Gasteiger partial charge in [0.15, 0.2) is 0 Å². The van der Waals surface area contributed by atoms with Gasteiger partial charge < -0.3 is 9.53 Å². The van der Waals surface area contributed by atoms with Gasteiger partial charge in [0.2, 0.25) is 0 Å². The van der Waals surface area contributed by atoms with Crippen molar-refractivity contribution in [3.05, 3.63) is 35.4 Å². The van der Waals surface area contributed by atoms with Crippen LogP contribution in [0.25, 0.3) is 0 Å². The Morgan fingerprint density at radius 3 is 2.15 bits per heavy atom. The lowest BCUT2D eigenvalue weighted by atomic mass is 10.0. The fraction of sp³-hybridized carbons (Fsp3) is 0.529. The van der Waals surface area contributed by atoms with Crippen LogP contribution in [0.5, 0.6) is 0 Å². The zero-order chi connectivity index (χ0) is 15.2. The lowest BCUT2D eigenvalue weighted by Crippen LogP contribution is -2.23. The molecule has 3 nitrogen and oxygen atoms in total. The van der Waals surface area contributed by atoms with Crippen molar-refractivity contribution in [3.63, 3.8) is 0 Å². The Hall–Kier alpha value is -1.64. The third-order valence-electron chi connectivity index (χ3n) is 2.83. The summed E-state index contributed by atoms with van der Waals surface area (Å²) in [6.07, 6.45) is 3.49. The van der Waals surface area contributed by atoms with E-state index in [-0.39, 0.29) is 11.8 Å². The molecule has 0 fully saturated rings. The number of rotatable bonds is 6. The molecule has 1 aromatic rings. The monoisotopic (exact) mass is 276 g/mol. The molecule has 0 spiro atoms. The molecule has 0 saturated carbocycles. The molecule has 0 aromatic heterocycles. The maximum Gasteiger partial charge on any atom is 0.338 e. The second kappa shape index (κ2) is 7.22. The van der Waals surface area contributed by atoms with Gasteiger partial charge in [-0.25, -0.2) is 4.79 Å². The number of aryl methyl sites for hydroxylation is 1. The molecular formula is C17H24O3. The predicted octanol–water partition coefficient (Wildman–Crippen LogP) is 3.94. The Morgan fingerprint density at radius 1 is 1.05 bits per heavy atom. The van der Waals surface area contributed by atoms with Crippen molar-refractivity contribution >= 4 is 11.8 Å². The summed E-state index contributed by atoms with van der Waals surface area (Å²) >= 11 is 0. The summed E-state index contributed by atoms with van der Waals surface area (Å²) in [7, 11) is 0. The van der Waals surface area contributed by atoms with Crippen LogP contribution in [0.4, 0.5) is 0 Å². The third-order valence-corrected chi connectivity index (χ3v) is 2.83. The van der Waals surface area contributed by atoms with E-state index in [9.17, 15) is 9.59 Å². The van der Waals surface area contributed by atoms with E-state index < -0.39 is 5.60 Å². The molecule has 3 heteroatoms. The maximum absolute atomic E-state index is 11.8. The molecule has 0 aliphatic carbocycles. The zero-order valence-electron chi connectivity index (χ0n) is 12.9. The van der Waals surface area contributed by atoms with Crippen molar-refractivity contribution in [1.29, 1.82) is 0 Å². The number of esters is 1. The van der Waals surface area contributed by atoms with E-state index in [0.717, 1.165) is 19.3 Å². The number of hydrogen-bond donors (Lipinski definition) is 0. The summed E-state index contributed by atoms with van der Waals surface area (Å²) in [6.45, 7) is 7.19. The summed E-state index contributed by atoms with van der Waals surface area (Å²) in [5.41, 5.74) is 1.29. The largest absolute Gasteiger partial charge is 0.456 e. The highest BCUT2D eigenvalue weighted by Crippen LogP contribution is 2.14. The summed E-state index contributed by atoms with van der Waals surface area (Å²) in [6, 6.07) is 7.50. The van der Waals surface area contributed by atoms with Gasteiger partial charge >= 0.3 is 5.97 Å². The second-order valence-electron chi connectivity index (χ2n) is 6.11. The summed E-state index contributed by atoms with van der Waals surface area (Å²) in [4.78, 5) is 22.7. The van der Waals surface area contributed by atoms with Gasteiger partial charge in [0.1, 0.15) is 11.4 Å². The fourth-order valence-electron chi connectivity index (χ4n) is 1.85. The molecule has 20 heavy (non-hydrogen) atoms. The molecule has 0 bridgehead atoms. The SMILES string of the molecule is CC(=O)CCCCc1ccc(C(=O)OC(C)(C)C)cc1. The van der Waals surface area contributed by atoms with Crippen LogP contribution in [0.1, 0.15) is 62.9 Å². The first-order chi connectivity index (χ1) is 9.28. The number of ether oxygens (including phenoxy) is 1. The normalized spacial score (nSPS) is 11.2. The molecule has 0 saturated heterocycles. The maximum atomic E-state index is 11.8. The van der Waals surface area contributed by atoms with E-state index in [2.05, 4.69) is 0 Å². The lowest BCUT2D eigenvalue weighted by Gasteiger charge is -2.19. The van der Waals surface area contributed by atoms with Crippen molar-refractivity contribution in [2.75, 3.05) is 0 Å². The van der Waals surface area contributed by atoms with Crippen LogP contribution in [0.15, 0.2) is 24.3 Å². The molecular weight excluding hydrogens is 252 g/mol. The number of ketones is 1. The van der Waals surface area contributed by atoms with Gasteiger partial charge in [-0.2, -0.15) is 0 Å². The number of Topliss-reactive ketones (excluding diaryl/α,β-unsaturated/α-hetero) is 1. The Bertz CT molecular complexity index is 452. The van der Waals surface area contributed by atoms with Crippen molar-refractivity contribution in [2.45, 2.75) is 59.0 Å². The van der Waals surface area contributed by atoms with Crippen molar-refractivity contribution in [2.24, 2.45) is 0 Å². The second-order valence-corrected chi connectivity index (χ2v) is 6.11. The van der Waals surface area contributed by atoms with Crippen LogP contribution in [0.2, 0.25) is 0 Å². The number of unbranched alkanes of at least 4 members (excludes halogenated alkanes) is 1. The molecule has 0 unspecified atom stereocenters. The summed E-state index contributed by atoms with van der Waals surface area (Å²) in [5, 5.41) is 0. The first-order valence-corrected chi connectivity index (χ1v) is 7.09. The van der Waals surface area contributed by atoms with Gasteiger partial charge in [-0.05, 0) is 64.7 Å². The average Bonchev–Trinajstić information content (AvgIpc) is 2.33. The van der Waals surface area contributed by atoms with Crippen LogP contribution in [-0.2, 0) is 16.0 Å². The van der Waals surface area contributed by atoms with Crippen LogP contribution < -0.4 is 0 Å². The Kier molecular flexibility index (Phi) is 5.93. The van der Waals surface area contributed by atoms with Crippen LogP contribution >= 0.6 is 0 Å². The van der Waals surface area contributed by atoms with E-state index in [0.29, 0.717) is 12.0 Å². The average molecular weight is 276 g/mol. The van der Waals surface area contributed by atoms with E-state index in [1.165, 1.54) is 5.56 Å². The smallest absolute Gasteiger partial charge is 0.338 e. The minimum Gasteiger partial charge on any atom is -0.456 e. The van der Waals surface area contributed by atoms with E-state index in [1.807, 2.05) is 32.9 Å². The number of hydrogen-bond acceptors (Lipinski definition) is 3. The van der Waals surface area contributed by atoms with Crippen LogP contribution in [0.3, 0.4) is 0 Å². The summed E-state index contributed by atoms with van der Waals surface area (Å²) < 4.78 is 5.31. The first kappa shape index (κ1) is 16.4. The molecule has 110 valence electrons. The Morgan fingerprint density at radius 2 is 1.65 bits per heavy atom. The quantitative estimate of drug-likeness (QED) is 0.584. The minimum atomic E-state index is -0.470. The van der Waals surface area contributed by atoms with Gasteiger partial charge in [0.25, 0.3) is 0 Å². The standard InChI is InChI=1S/C17H24O3/c1-13(18)7-5-6-8-14-9-11-15(12-10-14)16(19)20-17(2,3)4/h9-12H,5-8H2,1-4H3. The molecule has 0 amide bonds. The molecule has 1 aromatic carbocycles. The van der Waals surface area contributed by atoms with Crippen molar-refractivity contribution in [1.82, 2.24) is 0 Å². The van der Waals surface area contributed by atoms with Gasteiger partial charge in [-0.15, -0.1) is 0 Å². The fourth-order valence-corrected chi connectivity index (χ4v) is 1.85. The number of benzene rings is 1. The van der Waals surface area contributed by atoms with Gasteiger partial charge in [0, 0.05) is 6.42 Å². The highest BCUT2D eigenvalue weighted by atomic mass is 16.6. The van der Waals surface area contributed by atoms with E-state index in [1.54, 1.807) is 19.1 Å². The Balaban J connectivity index is 2.48. The summed E-state index contributed by atoms with van der Waals surface area (Å²) in [5.74, 6) is -0.0501. The molecule has 0 radical (unpaired) electrons. The first-order valence-electron chi connectivity index (χ1n) is 7.09. The van der Waals surface area contributed by atoms with Crippen LogP contribution in [0, 0.1) is 0 Å². The minimum absolute atomic E-state index is 0.241. The Labute approximate surface area is 121 Å². The lowest BCUT2D eigenvalue weighted by molar-refractivity contribution is -0.117.